The second kappa shape index (κ2) is 4.84. The van der Waals surface area contributed by atoms with Crippen molar-refractivity contribution in [1.29, 1.82) is 0 Å². The zero-order chi connectivity index (χ0) is 10.7. The van der Waals surface area contributed by atoms with Gasteiger partial charge in [-0.15, -0.1) is 23.5 Å². The van der Waals surface area contributed by atoms with E-state index in [1.165, 1.54) is 30.4 Å². The van der Waals surface area contributed by atoms with Crippen molar-refractivity contribution in [2.24, 2.45) is 0 Å². The smallest absolute Gasteiger partial charge is 0.162 e. The molecule has 0 atom stereocenters. The minimum atomic E-state index is -0.400. The number of thioether (sulfide) groups is 2. The molecule has 1 aromatic rings. The third kappa shape index (κ3) is 2.30. The van der Waals surface area contributed by atoms with Crippen molar-refractivity contribution in [3.63, 3.8) is 0 Å². The van der Waals surface area contributed by atoms with Gasteiger partial charge in [0.2, 0.25) is 0 Å². The maximum Gasteiger partial charge on any atom is 0.162 e. The molecule has 0 N–H and O–H groups in total. The van der Waals surface area contributed by atoms with Crippen LogP contribution in [0.4, 0.5) is 4.39 Å². The molecule has 0 aliphatic carbocycles. The molecular formula is C10H11FOS2. The van der Waals surface area contributed by atoms with Crippen LogP contribution < -0.4 is 0 Å². The summed E-state index contributed by atoms with van der Waals surface area (Å²) < 4.78 is 13.6. The molecule has 14 heavy (non-hydrogen) atoms. The third-order valence-electron chi connectivity index (χ3n) is 1.85. The Hall–Kier alpha value is -0.480. The summed E-state index contributed by atoms with van der Waals surface area (Å²) in [6, 6.07) is 3.36. The van der Waals surface area contributed by atoms with Crippen LogP contribution in [0.3, 0.4) is 0 Å². The Labute approximate surface area is 91.5 Å². The number of hydrogen-bond donors (Lipinski definition) is 0. The van der Waals surface area contributed by atoms with E-state index < -0.39 is 5.82 Å². The van der Waals surface area contributed by atoms with Crippen LogP contribution in [0.25, 0.3) is 0 Å². The van der Waals surface area contributed by atoms with Gasteiger partial charge in [-0.2, -0.15) is 0 Å². The Morgan fingerprint density at radius 2 is 1.93 bits per heavy atom. The lowest BCUT2D eigenvalue weighted by Crippen LogP contribution is -1.99. The van der Waals surface area contributed by atoms with Crippen LogP contribution in [-0.4, -0.2) is 18.3 Å². The fourth-order valence-electron chi connectivity index (χ4n) is 1.10. The van der Waals surface area contributed by atoms with Gasteiger partial charge >= 0.3 is 0 Å². The van der Waals surface area contributed by atoms with Crippen molar-refractivity contribution in [2.75, 3.05) is 12.5 Å². The van der Waals surface area contributed by atoms with Gasteiger partial charge in [-0.1, -0.05) is 0 Å². The number of carbonyl (C=O) groups is 1. The molecule has 0 bridgehead atoms. The summed E-state index contributed by atoms with van der Waals surface area (Å²) in [5.74, 6) is -0.628. The second-order valence-electron chi connectivity index (χ2n) is 2.75. The van der Waals surface area contributed by atoms with E-state index in [4.69, 9.17) is 0 Å². The zero-order valence-corrected chi connectivity index (χ0v) is 9.89. The zero-order valence-electron chi connectivity index (χ0n) is 8.26. The molecule has 0 spiro atoms. The van der Waals surface area contributed by atoms with Crippen molar-refractivity contribution < 1.29 is 9.18 Å². The van der Waals surface area contributed by atoms with Gasteiger partial charge < -0.3 is 0 Å². The van der Waals surface area contributed by atoms with Crippen LogP contribution in [0.2, 0.25) is 0 Å². The first-order valence-electron chi connectivity index (χ1n) is 4.02. The van der Waals surface area contributed by atoms with E-state index in [1.807, 2.05) is 6.26 Å². The molecule has 0 heterocycles. The number of ketones is 1. The van der Waals surface area contributed by atoms with Gasteiger partial charge in [0, 0.05) is 9.79 Å². The third-order valence-corrected chi connectivity index (χ3v) is 3.29. The molecule has 0 unspecified atom stereocenters. The van der Waals surface area contributed by atoms with Crippen LogP contribution >= 0.6 is 23.5 Å². The Bertz CT molecular complexity index is 363. The second-order valence-corrected chi connectivity index (χ2v) is 4.48. The lowest BCUT2D eigenvalue weighted by atomic mass is 10.1. The van der Waals surface area contributed by atoms with E-state index in [-0.39, 0.29) is 11.3 Å². The van der Waals surface area contributed by atoms with Gasteiger partial charge in [0.05, 0.1) is 5.56 Å². The van der Waals surface area contributed by atoms with E-state index in [0.717, 1.165) is 4.90 Å². The van der Waals surface area contributed by atoms with Gasteiger partial charge in [0.1, 0.15) is 5.82 Å². The summed E-state index contributed by atoms with van der Waals surface area (Å²) in [4.78, 5) is 12.6. The summed E-state index contributed by atoms with van der Waals surface area (Å²) in [5, 5.41) is 0. The van der Waals surface area contributed by atoms with Crippen molar-refractivity contribution in [2.45, 2.75) is 16.7 Å². The van der Waals surface area contributed by atoms with Gasteiger partial charge in [-0.25, -0.2) is 4.39 Å². The summed E-state index contributed by atoms with van der Waals surface area (Å²) in [6.07, 6.45) is 3.70. The van der Waals surface area contributed by atoms with E-state index in [2.05, 4.69) is 0 Å². The average Bonchev–Trinajstić information content (AvgIpc) is 2.17. The Balaban J connectivity index is 3.34. The fraction of sp³-hybridized carbons (Fsp3) is 0.300. The molecule has 0 saturated carbocycles. The molecule has 1 rings (SSSR count). The summed E-state index contributed by atoms with van der Waals surface area (Å²) in [6.45, 7) is 1.38. The largest absolute Gasteiger partial charge is 0.294 e. The van der Waals surface area contributed by atoms with Crippen LogP contribution in [0.1, 0.15) is 17.3 Å². The highest BCUT2D eigenvalue weighted by molar-refractivity contribution is 7.99. The SMILES string of the molecule is CSc1cc(SC)c(F)c(C(C)=O)c1. The van der Waals surface area contributed by atoms with E-state index in [0.29, 0.717) is 4.90 Å². The standard InChI is InChI=1S/C10H11FOS2/c1-6(12)8-4-7(13-2)5-9(14-3)10(8)11/h4-5H,1-3H3. The maximum atomic E-state index is 13.6. The van der Waals surface area contributed by atoms with Crippen molar-refractivity contribution in [1.82, 2.24) is 0 Å². The van der Waals surface area contributed by atoms with Gasteiger partial charge in [0.25, 0.3) is 0 Å². The van der Waals surface area contributed by atoms with Gasteiger partial charge in [0.15, 0.2) is 5.78 Å². The van der Waals surface area contributed by atoms with Gasteiger partial charge in [-0.05, 0) is 31.6 Å². The summed E-state index contributed by atoms with van der Waals surface area (Å²) in [5.41, 5.74) is 0.182. The first kappa shape index (κ1) is 11.6. The molecular weight excluding hydrogens is 219 g/mol. The van der Waals surface area contributed by atoms with Crippen molar-refractivity contribution >= 4 is 29.3 Å². The summed E-state index contributed by atoms with van der Waals surface area (Å²) >= 11 is 2.82. The molecule has 4 heteroatoms. The van der Waals surface area contributed by atoms with Crippen LogP contribution in [0, 0.1) is 5.82 Å². The van der Waals surface area contributed by atoms with Crippen LogP contribution in [-0.2, 0) is 0 Å². The first-order valence-corrected chi connectivity index (χ1v) is 6.47. The topological polar surface area (TPSA) is 17.1 Å². The number of benzene rings is 1. The lowest BCUT2D eigenvalue weighted by molar-refractivity contribution is 0.101. The number of hydrogen-bond acceptors (Lipinski definition) is 3. The Kier molecular flexibility index (Phi) is 4.01. The predicted molar refractivity (Wildman–Crippen MR) is 60.0 cm³/mol. The lowest BCUT2D eigenvalue weighted by Gasteiger charge is -2.06. The molecule has 1 aromatic carbocycles. The van der Waals surface area contributed by atoms with E-state index in [9.17, 15) is 9.18 Å². The van der Waals surface area contributed by atoms with Crippen molar-refractivity contribution in [3.05, 3.63) is 23.5 Å². The summed E-state index contributed by atoms with van der Waals surface area (Å²) in [7, 11) is 0. The quantitative estimate of drug-likeness (QED) is 0.584. The first-order chi connectivity index (χ1) is 6.60. The van der Waals surface area contributed by atoms with E-state index in [1.54, 1.807) is 18.4 Å². The molecule has 0 aromatic heterocycles. The highest BCUT2D eigenvalue weighted by atomic mass is 32.2. The predicted octanol–water partition coefficient (Wildman–Crippen LogP) is 3.47. The molecule has 0 amide bonds. The number of rotatable bonds is 3. The Morgan fingerprint density at radius 1 is 1.29 bits per heavy atom. The molecule has 0 saturated heterocycles. The number of carbonyl (C=O) groups excluding carboxylic acids is 1. The Morgan fingerprint density at radius 3 is 2.36 bits per heavy atom. The van der Waals surface area contributed by atoms with Crippen molar-refractivity contribution in [3.8, 4) is 0 Å². The molecule has 76 valence electrons. The highest BCUT2D eigenvalue weighted by Crippen LogP contribution is 2.28. The normalized spacial score (nSPS) is 10.3. The van der Waals surface area contributed by atoms with Gasteiger partial charge in [-0.3, -0.25) is 4.79 Å². The molecule has 1 nitrogen and oxygen atoms in total. The fourth-order valence-corrected chi connectivity index (χ4v) is 2.18. The number of halogens is 1. The highest BCUT2D eigenvalue weighted by Gasteiger charge is 2.13. The van der Waals surface area contributed by atoms with Crippen LogP contribution in [0.5, 0.6) is 0 Å². The minimum Gasteiger partial charge on any atom is -0.294 e. The molecule has 0 aliphatic heterocycles. The molecule has 0 aliphatic rings. The average molecular weight is 230 g/mol. The minimum absolute atomic E-state index is 0.182. The maximum absolute atomic E-state index is 13.6. The van der Waals surface area contributed by atoms with E-state index >= 15 is 0 Å². The molecule has 0 fully saturated rings. The van der Waals surface area contributed by atoms with Crippen LogP contribution in [0.15, 0.2) is 21.9 Å². The number of Topliss-reactive ketones (excluding diaryl/α,β-unsaturated/α-hetero) is 1. The molecule has 0 radical (unpaired) electrons. The monoisotopic (exact) mass is 230 g/mol.